The molecule has 2 heterocycles. The SMILES string of the molecule is Cc1nn(C)c(CNCC2(C)CCCO2)c1Cl. The molecule has 1 aliphatic heterocycles. The third-order valence-corrected chi connectivity index (χ3v) is 3.85. The van der Waals surface area contributed by atoms with Gasteiger partial charge in [-0.15, -0.1) is 0 Å². The Kier molecular flexibility index (Phi) is 3.76. The Morgan fingerprint density at radius 3 is 2.88 bits per heavy atom. The van der Waals surface area contributed by atoms with Crippen molar-refractivity contribution in [1.82, 2.24) is 15.1 Å². The Hall–Kier alpha value is -0.580. The Morgan fingerprint density at radius 1 is 1.59 bits per heavy atom. The van der Waals surface area contributed by atoms with Gasteiger partial charge in [-0.05, 0) is 26.7 Å². The van der Waals surface area contributed by atoms with Crippen LogP contribution in [0.2, 0.25) is 5.02 Å². The van der Waals surface area contributed by atoms with Gasteiger partial charge in [-0.2, -0.15) is 5.10 Å². The summed E-state index contributed by atoms with van der Waals surface area (Å²) < 4.78 is 7.56. The number of aryl methyl sites for hydroxylation is 2. The van der Waals surface area contributed by atoms with Crippen LogP contribution in [0, 0.1) is 6.92 Å². The Balaban J connectivity index is 1.89. The van der Waals surface area contributed by atoms with Gasteiger partial charge in [-0.25, -0.2) is 0 Å². The highest BCUT2D eigenvalue weighted by Gasteiger charge is 2.29. The predicted molar refractivity (Wildman–Crippen MR) is 68.3 cm³/mol. The second kappa shape index (κ2) is 4.96. The molecule has 96 valence electrons. The summed E-state index contributed by atoms with van der Waals surface area (Å²) in [4.78, 5) is 0. The molecule has 0 saturated carbocycles. The van der Waals surface area contributed by atoms with Crippen molar-refractivity contribution in [2.45, 2.75) is 38.8 Å². The summed E-state index contributed by atoms with van der Waals surface area (Å²) in [6.45, 7) is 6.54. The van der Waals surface area contributed by atoms with Gasteiger partial charge >= 0.3 is 0 Å². The van der Waals surface area contributed by atoms with Crippen LogP contribution in [0.1, 0.15) is 31.2 Å². The lowest BCUT2D eigenvalue weighted by Gasteiger charge is -2.23. The summed E-state index contributed by atoms with van der Waals surface area (Å²) in [6, 6.07) is 0. The van der Waals surface area contributed by atoms with Crippen LogP contribution in [0.5, 0.6) is 0 Å². The van der Waals surface area contributed by atoms with Gasteiger partial charge in [0.15, 0.2) is 0 Å². The molecule has 1 N–H and O–H groups in total. The second-order valence-electron chi connectivity index (χ2n) is 4.98. The van der Waals surface area contributed by atoms with Gasteiger partial charge in [0.2, 0.25) is 0 Å². The highest BCUT2D eigenvalue weighted by molar-refractivity contribution is 6.31. The lowest BCUT2D eigenvalue weighted by molar-refractivity contribution is 0.0205. The smallest absolute Gasteiger partial charge is 0.0860 e. The fraction of sp³-hybridized carbons (Fsp3) is 0.750. The number of ether oxygens (including phenoxy) is 1. The molecule has 17 heavy (non-hydrogen) atoms. The van der Waals surface area contributed by atoms with Gasteiger partial charge in [0.1, 0.15) is 0 Å². The van der Waals surface area contributed by atoms with Gasteiger partial charge < -0.3 is 10.1 Å². The summed E-state index contributed by atoms with van der Waals surface area (Å²) in [5.74, 6) is 0. The predicted octanol–water partition coefficient (Wildman–Crippen LogP) is 2.04. The quantitative estimate of drug-likeness (QED) is 0.897. The molecule has 1 saturated heterocycles. The average Bonchev–Trinajstić information content (AvgIpc) is 2.79. The zero-order chi connectivity index (χ0) is 12.5. The third-order valence-electron chi connectivity index (χ3n) is 3.35. The first-order valence-electron chi connectivity index (χ1n) is 6.04. The minimum absolute atomic E-state index is 0.0138. The first-order chi connectivity index (χ1) is 8.02. The third kappa shape index (κ3) is 2.81. The van der Waals surface area contributed by atoms with E-state index in [-0.39, 0.29) is 5.60 Å². The van der Waals surface area contributed by atoms with Crippen molar-refractivity contribution in [2.75, 3.05) is 13.2 Å². The van der Waals surface area contributed by atoms with E-state index in [0.29, 0.717) is 0 Å². The van der Waals surface area contributed by atoms with Crippen LogP contribution in [0.4, 0.5) is 0 Å². The Morgan fingerprint density at radius 2 is 2.35 bits per heavy atom. The van der Waals surface area contributed by atoms with E-state index in [0.717, 1.165) is 48.9 Å². The fourth-order valence-electron chi connectivity index (χ4n) is 2.29. The van der Waals surface area contributed by atoms with Crippen molar-refractivity contribution in [3.8, 4) is 0 Å². The normalized spacial score (nSPS) is 24.5. The lowest BCUT2D eigenvalue weighted by Crippen LogP contribution is -2.37. The van der Waals surface area contributed by atoms with Crippen LogP contribution >= 0.6 is 11.6 Å². The number of nitrogens with one attached hydrogen (secondary N) is 1. The molecule has 0 aliphatic carbocycles. The number of aromatic nitrogens is 2. The zero-order valence-corrected chi connectivity index (χ0v) is 11.5. The van der Waals surface area contributed by atoms with E-state index in [1.165, 1.54) is 0 Å². The van der Waals surface area contributed by atoms with Gasteiger partial charge in [0.05, 0.1) is 22.0 Å². The molecule has 2 rings (SSSR count). The van der Waals surface area contributed by atoms with Crippen molar-refractivity contribution in [3.05, 3.63) is 16.4 Å². The molecule has 1 atom stereocenters. The highest BCUT2D eigenvalue weighted by atomic mass is 35.5. The van der Waals surface area contributed by atoms with E-state index in [2.05, 4.69) is 17.3 Å². The van der Waals surface area contributed by atoms with Crippen LogP contribution in [0.3, 0.4) is 0 Å². The molecule has 1 aliphatic rings. The molecule has 1 fully saturated rings. The molecule has 5 heteroatoms. The lowest BCUT2D eigenvalue weighted by atomic mass is 10.0. The number of hydrogen-bond acceptors (Lipinski definition) is 3. The van der Waals surface area contributed by atoms with Crippen molar-refractivity contribution >= 4 is 11.6 Å². The van der Waals surface area contributed by atoms with E-state index in [9.17, 15) is 0 Å². The van der Waals surface area contributed by atoms with Crippen molar-refractivity contribution in [3.63, 3.8) is 0 Å². The van der Waals surface area contributed by atoms with E-state index < -0.39 is 0 Å². The summed E-state index contributed by atoms with van der Waals surface area (Å²) in [7, 11) is 1.92. The molecule has 0 radical (unpaired) electrons. The Labute approximate surface area is 107 Å². The zero-order valence-electron chi connectivity index (χ0n) is 10.7. The van der Waals surface area contributed by atoms with Gasteiger partial charge in [0, 0.05) is 26.7 Å². The summed E-state index contributed by atoms with van der Waals surface area (Å²) in [5.41, 5.74) is 1.90. The van der Waals surface area contributed by atoms with Crippen LogP contribution in [0.25, 0.3) is 0 Å². The maximum atomic E-state index is 6.19. The number of rotatable bonds is 4. The second-order valence-corrected chi connectivity index (χ2v) is 5.35. The van der Waals surface area contributed by atoms with E-state index in [4.69, 9.17) is 16.3 Å². The molecule has 1 aromatic heterocycles. The topological polar surface area (TPSA) is 39.1 Å². The standard InChI is InChI=1S/C12H20ClN3O/c1-9-11(13)10(16(3)15-9)7-14-8-12(2)5-4-6-17-12/h14H,4-8H2,1-3H3. The first-order valence-corrected chi connectivity index (χ1v) is 6.42. The van der Waals surface area contributed by atoms with Gasteiger partial charge in [0.25, 0.3) is 0 Å². The van der Waals surface area contributed by atoms with Gasteiger partial charge in [-0.3, -0.25) is 4.68 Å². The summed E-state index contributed by atoms with van der Waals surface area (Å²) >= 11 is 6.19. The summed E-state index contributed by atoms with van der Waals surface area (Å²) in [5, 5.41) is 8.46. The molecule has 0 aromatic carbocycles. The summed E-state index contributed by atoms with van der Waals surface area (Å²) in [6.07, 6.45) is 2.28. The van der Waals surface area contributed by atoms with Crippen molar-refractivity contribution in [1.29, 1.82) is 0 Å². The maximum absolute atomic E-state index is 6.19. The van der Waals surface area contributed by atoms with E-state index in [1.54, 1.807) is 0 Å². The van der Waals surface area contributed by atoms with Crippen LogP contribution in [-0.4, -0.2) is 28.5 Å². The number of halogens is 1. The molecule has 0 bridgehead atoms. The van der Waals surface area contributed by atoms with Crippen LogP contribution in [-0.2, 0) is 18.3 Å². The molecule has 0 amide bonds. The van der Waals surface area contributed by atoms with E-state index >= 15 is 0 Å². The largest absolute Gasteiger partial charge is 0.374 e. The minimum Gasteiger partial charge on any atom is -0.374 e. The Bertz CT molecular complexity index is 397. The molecular weight excluding hydrogens is 238 g/mol. The molecule has 0 spiro atoms. The van der Waals surface area contributed by atoms with Crippen LogP contribution in [0.15, 0.2) is 0 Å². The maximum Gasteiger partial charge on any atom is 0.0860 e. The van der Waals surface area contributed by atoms with Crippen molar-refractivity contribution < 1.29 is 4.74 Å². The highest BCUT2D eigenvalue weighted by Crippen LogP contribution is 2.24. The van der Waals surface area contributed by atoms with Crippen molar-refractivity contribution in [2.24, 2.45) is 7.05 Å². The number of hydrogen-bond donors (Lipinski definition) is 1. The minimum atomic E-state index is -0.0138. The molecule has 1 aromatic rings. The van der Waals surface area contributed by atoms with E-state index in [1.807, 2.05) is 18.7 Å². The van der Waals surface area contributed by atoms with Gasteiger partial charge in [-0.1, -0.05) is 11.6 Å². The fourth-order valence-corrected chi connectivity index (χ4v) is 2.52. The molecule has 1 unspecified atom stereocenters. The first kappa shape index (κ1) is 12.9. The number of nitrogens with zero attached hydrogens (tertiary/aromatic N) is 2. The van der Waals surface area contributed by atoms with Crippen LogP contribution < -0.4 is 5.32 Å². The molecular formula is C12H20ClN3O. The monoisotopic (exact) mass is 257 g/mol. The molecule has 4 nitrogen and oxygen atoms in total. The average molecular weight is 258 g/mol.